The largest absolute Gasteiger partial charge is 0.467 e. The molecule has 0 saturated heterocycles. The van der Waals surface area contributed by atoms with E-state index < -0.39 is 77.4 Å². The number of esters is 2. The van der Waals surface area contributed by atoms with Crippen molar-refractivity contribution < 1.29 is 52.6 Å². The summed E-state index contributed by atoms with van der Waals surface area (Å²) in [7, 11) is 1.06. The number of ketones is 2. The van der Waals surface area contributed by atoms with Crippen LogP contribution in [0.4, 0.5) is 4.79 Å². The number of methoxy groups -OCH3 is 1. The summed E-state index contributed by atoms with van der Waals surface area (Å²) in [6.07, 6.45) is -0.825. The van der Waals surface area contributed by atoms with Gasteiger partial charge in [-0.1, -0.05) is 24.3 Å². The van der Waals surface area contributed by atoms with Gasteiger partial charge in [0.05, 0.1) is 12.7 Å². The zero-order chi connectivity index (χ0) is 36.9. The van der Waals surface area contributed by atoms with Crippen LogP contribution < -0.4 is 21.3 Å². The molecule has 4 amide bonds. The Morgan fingerprint density at radius 2 is 1.29 bits per heavy atom. The summed E-state index contributed by atoms with van der Waals surface area (Å²) < 4.78 is 15.1. The van der Waals surface area contributed by atoms with Crippen molar-refractivity contribution in [3.63, 3.8) is 0 Å². The first kappa shape index (κ1) is 37.9. The van der Waals surface area contributed by atoms with E-state index in [1.807, 2.05) is 0 Å². The summed E-state index contributed by atoms with van der Waals surface area (Å²) in [5, 5.41) is 9.62. The lowest BCUT2D eigenvalue weighted by Gasteiger charge is -2.32. The lowest BCUT2D eigenvalue weighted by molar-refractivity contribution is -0.147. The standard InChI is InChI=1S/C34H40N4O11/c1-32(2,3)49-31(46)35-16-24(39)37-34(6,7)30(45)38-33(4,5)29(44)36-23(28(43)47-8)17-48-27(42)18-13-14-21-22(15-18)26(41)20-12-10-9-11-19(20)25(21)40/h9-15,23H,16-17H2,1-8H3,(H,35,46)(H,36,44)(H,37,39)(H,38,45)/t23-/m0/s1. The molecule has 1 aliphatic carbocycles. The highest BCUT2D eigenvalue weighted by atomic mass is 16.6. The van der Waals surface area contributed by atoms with Crippen LogP contribution in [0.3, 0.4) is 0 Å². The summed E-state index contributed by atoms with van der Waals surface area (Å²) in [4.78, 5) is 102. The lowest BCUT2D eigenvalue weighted by Crippen LogP contribution is -2.64. The predicted octanol–water partition coefficient (Wildman–Crippen LogP) is 1.59. The highest BCUT2D eigenvalue weighted by Crippen LogP contribution is 2.28. The Hall–Kier alpha value is -5.60. The maximum Gasteiger partial charge on any atom is 0.408 e. The van der Waals surface area contributed by atoms with E-state index in [0.29, 0.717) is 0 Å². The molecule has 15 nitrogen and oxygen atoms in total. The average Bonchev–Trinajstić information content (AvgIpc) is 3.02. The van der Waals surface area contributed by atoms with Crippen LogP contribution in [0.25, 0.3) is 0 Å². The van der Waals surface area contributed by atoms with Gasteiger partial charge >= 0.3 is 18.0 Å². The van der Waals surface area contributed by atoms with E-state index in [1.165, 1.54) is 52.0 Å². The number of rotatable bonds is 11. The van der Waals surface area contributed by atoms with Gasteiger partial charge in [0.15, 0.2) is 17.6 Å². The van der Waals surface area contributed by atoms with Crippen LogP contribution in [0.5, 0.6) is 0 Å². The molecule has 1 atom stereocenters. The number of nitrogens with one attached hydrogen (secondary N) is 4. The Morgan fingerprint density at radius 1 is 0.735 bits per heavy atom. The molecule has 0 bridgehead atoms. The van der Waals surface area contributed by atoms with Gasteiger partial charge in [0, 0.05) is 22.3 Å². The maximum absolute atomic E-state index is 13.2. The first-order valence-corrected chi connectivity index (χ1v) is 15.2. The van der Waals surface area contributed by atoms with Crippen molar-refractivity contribution in [3.05, 3.63) is 70.3 Å². The minimum Gasteiger partial charge on any atom is -0.467 e. The van der Waals surface area contributed by atoms with Crippen molar-refractivity contribution in [3.8, 4) is 0 Å². The molecular weight excluding hydrogens is 640 g/mol. The van der Waals surface area contributed by atoms with Gasteiger partial charge in [-0.25, -0.2) is 14.4 Å². The highest BCUT2D eigenvalue weighted by Gasteiger charge is 2.39. The van der Waals surface area contributed by atoms with Crippen LogP contribution in [0, 0.1) is 0 Å². The summed E-state index contributed by atoms with van der Waals surface area (Å²) in [6, 6.07) is 8.69. The molecule has 0 aromatic heterocycles. The van der Waals surface area contributed by atoms with Gasteiger partial charge in [-0.3, -0.25) is 24.0 Å². The molecule has 2 aromatic carbocycles. The second-order valence-electron chi connectivity index (χ2n) is 13.2. The van der Waals surface area contributed by atoms with Gasteiger partial charge in [0.25, 0.3) is 0 Å². The summed E-state index contributed by atoms with van der Waals surface area (Å²) in [5.41, 5.74) is -3.46. The van der Waals surface area contributed by atoms with Gasteiger partial charge in [-0.2, -0.15) is 0 Å². The van der Waals surface area contributed by atoms with E-state index in [0.717, 1.165) is 7.11 Å². The number of alkyl carbamates (subject to hydrolysis) is 1. The Labute approximate surface area is 282 Å². The fraction of sp³-hybridized carbons (Fsp3) is 0.412. The summed E-state index contributed by atoms with van der Waals surface area (Å²) in [5.74, 6) is -5.06. The highest BCUT2D eigenvalue weighted by molar-refractivity contribution is 6.28. The number of carbonyl (C=O) groups excluding carboxylic acids is 8. The molecule has 3 rings (SSSR count). The Bertz CT molecular complexity index is 1710. The topological polar surface area (TPSA) is 212 Å². The molecule has 0 radical (unpaired) electrons. The van der Waals surface area contributed by atoms with Crippen molar-refractivity contribution in [2.75, 3.05) is 20.3 Å². The number of amides is 4. The maximum atomic E-state index is 13.2. The third-order valence-electron chi connectivity index (χ3n) is 7.14. The van der Waals surface area contributed by atoms with Gasteiger partial charge in [-0.05, 0) is 66.7 Å². The number of benzene rings is 2. The summed E-state index contributed by atoms with van der Waals surface area (Å²) >= 11 is 0. The van der Waals surface area contributed by atoms with Gasteiger partial charge < -0.3 is 35.5 Å². The minimum absolute atomic E-state index is 0.0203. The number of hydrogen-bond donors (Lipinski definition) is 4. The van der Waals surface area contributed by atoms with E-state index in [9.17, 15) is 38.4 Å². The molecular formula is C34H40N4O11. The van der Waals surface area contributed by atoms with Crippen molar-refractivity contribution in [1.29, 1.82) is 0 Å². The first-order chi connectivity index (χ1) is 22.7. The fourth-order valence-corrected chi connectivity index (χ4v) is 4.53. The second-order valence-corrected chi connectivity index (χ2v) is 13.2. The summed E-state index contributed by atoms with van der Waals surface area (Å²) in [6.45, 7) is 9.23. The molecule has 15 heteroatoms. The monoisotopic (exact) mass is 680 g/mol. The molecule has 262 valence electrons. The third-order valence-corrected chi connectivity index (χ3v) is 7.14. The quantitative estimate of drug-likeness (QED) is 0.169. The SMILES string of the molecule is COC(=O)[C@H](COC(=O)c1ccc2c(c1)C(=O)c1ccccc1C2=O)NC(=O)C(C)(C)NC(=O)C(C)(C)NC(=O)CNC(=O)OC(C)(C)C. The van der Waals surface area contributed by atoms with Crippen LogP contribution in [0.1, 0.15) is 90.7 Å². The van der Waals surface area contributed by atoms with Crippen molar-refractivity contribution in [2.24, 2.45) is 0 Å². The number of ether oxygens (including phenoxy) is 3. The van der Waals surface area contributed by atoms with Crippen LogP contribution in [0.2, 0.25) is 0 Å². The Kier molecular flexibility index (Phi) is 11.3. The van der Waals surface area contributed by atoms with E-state index in [1.54, 1.807) is 39.0 Å². The molecule has 49 heavy (non-hydrogen) atoms. The number of fused-ring (bicyclic) bond motifs is 2. The van der Waals surface area contributed by atoms with Crippen molar-refractivity contribution in [1.82, 2.24) is 21.3 Å². The number of carbonyl (C=O) groups is 8. The molecule has 1 aliphatic rings. The van der Waals surface area contributed by atoms with Crippen LogP contribution in [-0.2, 0) is 33.4 Å². The molecule has 0 fully saturated rings. The van der Waals surface area contributed by atoms with Crippen LogP contribution in [0.15, 0.2) is 42.5 Å². The fourth-order valence-electron chi connectivity index (χ4n) is 4.53. The predicted molar refractivity (Wildman–Crippen MR) is 173 cm³/mol. The minimum atomic E-state index is -1.66. The van der Waals surface area contributed by atoms with Gasteiger partial charge in [0.2, 0.25) is 17.7 Å². The molecule has 0 aliphatic heterocycles. The van der Waals surface area contributed by atoms with E-state index in [-0.39, 0.29) is 33.6 Å². The van der Waals surface area contributed by atoms with E-state index >= 15 is 0 Å². The molecule has 0 spiro atoms. The van der Waals surface area contributed by atoms with Crippen molar-refractivity contribution >= 4 is 47.3 Å². The molecule has 2 aromatic rings. The average molecular weight is 681 g/mol. The Balaban J connectivity index is 1.62. The zero-order valence-electron chi connectivity index (χ0n) is 28.5. The molecule has 0 saturated carbocycles. The molecule has 0 unspecified atom stereocenters. The molecule has 4 N–H and O–H groups in total. The van der Waals surface area contributed by atoms with E-state index in [2.05, 4.69) is 21.3 Å². The smallest absolute Gasteiger partial charge is 0.408 e. The van der Waals surface area contributed by atoms with Crippen molar-refractivity contribution in [2.45, 2.75) is 71.2 Å². The van der Waals surface area contributed by atoms with Crippen LogP contribution in [-0.4, -0.2) is 90.3 Å². The zero-order valence-corrected chi connectivity index (χ0v) is 28.5. The Morgan fingerprint density at radius 3 is 1.86 bits per heavy atom. The lowest BCUT2D eigenvalue weighted by atomic mass is 9.83. The van der Waals surface area contributed by atoms with Gasteiger partial charge in [0.1, 0.15) is 29.8 Å². The normalized spacial score (nSPS) is 13.1. The number of hydrogen-bond acceptors (Lipinski definition) is 11. The van der Waals surface area contributed by atoms with Crippen LogP contribution >= 0.6 is 0 Å². The van der Waals surface area contributed by atoms with Gasteiger partial charge in [-0.15, -0.1) is 0 Å². The third kappa shape index (κ3) is 9.49. The molecule has 0 heterocycles. The van der Waals surface area contributed by atoms with E-state index in [4.69, 9.17) is 14.2 Å². The first-order valence-electron chi connectivity index (χ1n) is 15.2. The second kappa shape index (κ2) is 14.7.